The summed E-state index contributed by atoms with van der Waals surface area (Å²) in [7, 11) is 0. The monoisotopic (exact) mass is 288 g/mol. The minimum absolute atomic E-state index is 0.000000000000000222. The van der Waals surface area contributed by atoms with Gasteiger partial charge in [-0.05, 0) is 18.4 Å². The van der Waals surface area contributed by atoms with Crippen LogP contribution in [0.2, 0.25) is 0 Å². The quantitative estimate of drug-likeness (QED) is 0.842. The Labute approximate surface area is 126 Å². The molecule has 1 aromatic carbocycles. The molecule has 1 heterocycles. The average molecular weight is 288 g/mol. The molecule has 21 heavy (non-hydrogen) atoms. The predicted octanol–water partition coefficient (Wildman–Crippen LogP) is 2.02. The number of hydrogen-bond acceptors (Lipinski definition) is 3. The van der Waals surface area contributed by atoms with Gasteiger partial charge in [-0.3, -0.25) is 4.79 Å². The molecule has 0 bridgehead atoms. The summed E-state index contributed by atoms with van der Waals surface area (Å²) in [5.41, 5.74) is 0.952. The van der Waals surface area contributed by atoms with Crippen LogP contribution in [0.25, 0.3) is 0 Å². The minimum Gasteiger partial charge on any atom is -0.360 e. The van der Waals surface area contributed by atoms with Gasteiger partial charge in [-0.1, -0.05) is 43.2 Å². The van der Waals surface area contributed by atoms with Crippen molar-refractivity contribution < 1.29 is 9.53 Å². The Morgan fingerprint density at radius 1 is 1.24 bits per heavy atom. The number of amides is 1. The lowest BCUT2D eigenvalue weighted by molar-refractivity contribution is -0.137. The molecule has 114 valence electrons. The fraction of sp³-hybridized carbons (Fsp3) is 0.588. The lowest BCUT2D eigenvalue weighted by atomic mass is 10.0. The molecule has 2 fully saturated rings. The van der Waals surface area contributed by atoms with E-state index < -0.39 is 6.10 Å². The van der Waals surface area contributed by atoms with Crippen molar-refractivity contribution in [2.75, 3.05) is 19.6 Å². The molecule has 0 spiro atoms. The van der Waals surface area contributed by atoms with E-state index in [1.807, 2.05) is 30.3 Å². The van der Waals surface area contributed by atoms with Gasteiger partial charge in [-0.15, -0.1) is 0 Å². The van der Waals surface area contributed by atoms with Crippen molar-refractivity contribution in [3.63, 3.8) is 0 Å². The van der Waals surface area contributed by atoms with Crippen LogP contribution in [0.4, 0.5) is 0 Å². The zero-order valence-electron chi connectivity index (χ0n) is 12.4. The van der Waals surface area contributed by atoms with Crippen LogP contribution in [0.15, 0.2) is 30.3 Å². The topological polar surface area (TPSA) is 50.4 Å². The minimum atomic E-state index is -0.470. The smallest absolute Gasteiger partial charge is 0.253 e. The van der Waals surface area contributed by atoms with Crippen molar-refractivity contribution in [3.8, 4) is 0 Å². The second-order valence-electron chi connectivity index (χ2n) is 6.10. The third-order valence-electron chi connectivity index (χ3n) is 4.40. The average Bonchev–Trinajstić information content (AvgIpc) is 2.97. The number of hydrogen-bond donors (Lipinski definition) is 2. The molecule has 0 unspecified atom stereocenters. The fourth-order valence-electron chi connectivity index (χ4n) is 2.97. The van der Waals surface area contributed by atoms with Gasteiger partial charge < -0.3 is 15.4 Å². The molecule has 1 aliphatic heterocycles. The summed E-state index contributed by atoms with van der Waals surface area (Å²) >= 11 is 0. The van der Waals surface area contributed by atoms with Gasteiger partial charge >= 0.3 is 0 Å². The molecule has 2 aliphatic rings. The van der Waals surface area contributed by atoms with Gasteiger partial charge in [0, 0.05) is 25.6 Å². The van der Waals surface area contributed by atoms with Crippen LogP contribution in [0.3, 0.4) is 0 Å². The SMILES string of the molecule is O=C(NCC1CNC1)[C@H](OC1CCCC1)c1ccccc1. The third-order valence-corrected chi connectivity index (χ3v) is 4.40. The molecule has 4 heteroatoms. The summed E-state index contributed by atoms with van der Waals surface area (Å²) in [6, 6.07) is 9.84. The summed E-state index contributed by atoms with van der Waals surface area (Å²) in [6.07, 6.45) is 4.32. The summed E-state index contributed by atoms with van der Waals surface area (Å²) in [5, 5.41) is 6.28. The Kier molecular flexibility index (Phi) is 4.88. The fourth-order valence-corrected chi connectivity index (χ4v) is 2.97. The highest BCUT2D eigenvalue weighted by atomic mass is 16.5. The molecule has 1 saturated carbocycles. The maximum Gasteiger partial charge on any atom is 0.253 e. The first kappa shape index (κ1) is 14.5. The Hall–Kier alpha value is -1.39. The van der Waals surface area contributed by atoms with Gasteiger partial charge in [-0.25, -0.2) is 0 Å². The lowest BCUT2D eigenvalue weighted by Crippen LogP contribution is -2.49. The number of carbonyl (C=O) groups excluding carboxylic acids is 1. The molecule has 3 rings (SSSR count). The van der Waals surface area contributed by atoms with Crippen molar-refractivity contribution in [1.29, 1.82) is 0 Å². The molecule has 1 atom stereocenters. The molecule has 2 N–H and O–H groups in total. The van der Waals surface area contributed by atoms with Crippen LogP contribution in [-0.4, -0.2) is 31.6 Å². The van der Waals surface area contributed by atoms with Crippen molar-refractivity contribution in [1.82, 2.24) is 10.6 Å². The highest BCUT2D eigenvalue weighted by Gasteiger charge is 2.28. The number of ether oxygens (including phenoxy) is 1. The Balaban J connectivity index is 1.63. The van der Waals surface area contributed by atoms with Gasteiger partial charge in [0.05, 0.1) is 6.10 Å². The van der Waals surface area contributed by atoms with Crippen molar-refractivity contribution in [2.24, 2.45) is 5.92 Å². The summed E-state index contributed by atoms with van der Waals surface area (Å²) in [4.78, 5) is 12.5. The Morgan fingerprint density at radius 3 is 2.57 bits per heavy atom. The number of rotatable bonds is 6. The van der Waals surface area contributed by atoms with Crippen LogP contribution in [0.5, 0.6) is 0 Å². The molecular formula is C17H24N2O2. The van der Waals surface area contributed by atoms with Crippen LogP contribution >= 0.6 is 0 Å². The van der Waals surface area contributed by atoms with Crippen LogP contribution in [0.1, 0.15) is 37.4 Å². The van der Waals surface area contributed by atoms with Crippen molar-refractivity contribution in [2.45, 2.75) is 37.9 Å². The molecule has 1 aliphatic carbocycles. The molecular weight excluding hydrogens is 264 g/mol. The van der Waals surface area contributed by atoms with E-state index in [2.05, 4.69) is 10.6 Å². The van der Waals surface area contributed by atoms with E-state index in [0.717, 1.165) is 38.0 Å². The summed E-state index contributed by atoms with van der Waals surface area (Å²) in [6.45, 7) is 2.74. The first-order valence-electron chi connectivity index (χ1n) is 8.02. The first-order chi connectivity index (χ1) is 10.3. The van der Waals surface area contributed by atoms with Gasteiger partial charge in [0.25, 0.3) is 5.91 Å². The Bertz CT molecular complexity index is 453. The number of nitrogens with one attached hydrogen (secondary N) is 2. The number of benzene rings is 1. The van der Waals surface area contributed by atoms with Crippen LogP contribution < -0.4 is 10.6 Å². The highest BCUT2D eigenvalue weighted by molar-refractivity contribution is 5.82. The van der Waals surface area contributed by atoms with Gasteiger partial charge in [-0.2, -0.15) is 0 Å². The van der Waals surface area contributed by atoms with E-state index in [0.29, 0.717) is 5.92 Å². The van der Waals surface area contributed by atoms with E-state index in [-0.39, 0.29) is 12.0 Å². The normalized spacial score (nSPS) is 21.0. The van der Waals surface area contributed by atoms with E-state index in [1.165, 1.54) is 12.8 Å². The maximum atomic E-state index is 12.5. The lowest BCUT2D eigenvalue weighted by Gasteiger charge is -2.28. The third kappa shape index (κ3) is 3.83. The molecule has 4 nitrogen and oxygen atoms in total. The Morgan fingerprint density at radius 2 is 1.95 bits per heavy atom. The first-order valence-corrected chi connectivity index (χ1v) is 8.02. The van der Waals surface area contributed by atoms with Crippen molar-refractivity contribution in [3.05, 3.63) is 35.9 Å². The molecule has 1 saturated heterocycles. The van der Waals surface area contributed by atoms with E-state index >= 15 is 0 Å². The zero-order valence-corrected chi connectivity index (χ0v) is 12.4. The van der Waals surface area contributed by atoms with Crippen molar-refractivity contribution >= 4 is 5.91 Å². The molecule has 1 aromatic rings. The highest BCUT2D eigenvalue weighted by Crippen LogP contribution is 2.28. The van der Waals surface area contributed by atoms with E-state index in [4.69, 9.17) is 4.74 Å². The van der Waals surface area contributed by atoms with E-state index in [1.54, 1.807) is 0 Å². The van der Waals surface area contributed by atoms with Crippen LogP contribution in [0, 0.1) is 5.92 Å². The second-order valence-corrected chi connectivity index (χ2v) is 6.10. The standard InChI is InChI=1S/C17H24N2O2/c20-17(19-12-13-10-18-11-13)16(14-6-2-1-3-7-14)21-15-8-4-5-9-15/h1-3,6-7,13,15-16,18H,4-5,8-12H2,(H,19,20)/t16-/m1/s1. The molecule has 1 amide bonds. The largest absolute Gasteiger partial charge is 0.360 e. The van der Waals surface area contributed by atoms with E-state index in [9.17, 15) is 4.79 Å². The summed E-state index contributed by atoms with van der Waals surface area (Å²) in [5.74, 6) is 0.567. The predicted molar refractivity (Wildman–Crippen MR) is 81.9 cm³/mol. The van der Waals surface area contributed by atoms with Gasteiger partial charge in [0.15, 0.2) is 6.10 Å². The summed E-state index contributed by atoms with van der Waals surface area (Å²) < 4.78 is 6.12. The maximum absolute atomic E-state index is 12.5. The van der Waals surface area contributed by atoms with Crippen LogP contribution in [-0.2, 0) is 9.53 Å². The van der Waals surface area contributed by atoms with Gasteiger partial charge in [0.1, 0.15) is 0 Å². The van der Waals surface area contributed by atoms with Gasteiger partial charge in [0.2, 0.25) is 0 Å². The second kappa shape index (κ2) is 7.05. The molecule has 0 radical (unpaired) electrons. The molecule has 0 aromatic heterocycles. The number of carbonyl (C=O) groups is 1. The zero-order chi connectivity index (χ0) is 14.5.